The van der Waals surface area contributed by atoms with Gasteiger partial charge in [-0.3, -0.25) is 20.2 Å². The molecule has 0 amide bonds. The summed E-state index contributed by atoms with van der Waals surface area (Å²) in [5.41, 5.74) is 4.18. The second kappa shape index (κ2) is 13.9. The van der Waals surface area contributed by atoms with Crippen LogP contribution in [0, 0.1) is 20.2 Å². The molecule has 226 valence electrons. The molecular formula is C33H30N2O9. The summed E-state index contributed by atoms with van der Waals surface area (Å²) in [6.07, 6.45) is 7.31. The van der Waals surface area contributed by atoms with E-state index in [4.69, 9.17) is 23.7 Å². The first kappa shape index (κ1) is 31.1. The van der Waals surface area contributed by atoms with Crippen LogP contribution in [0.1, 0.15) is 22.3 Å². The summed E-state index contributed by atoms with van der Waals surface area (Å²) in [4.78, 5) is 21.2. The lowest BCUT2D eigenvalue weighted by Crippen LogP contribution is -2.01. The number of rotatable bonds is 12. The highest BCUT2D eigenvalue weighted by Gasteiger charge is 2.24. The van der Waals surface area contributed by atoms with E-state index >= 15 is 0 Å². The molecule has 4 aromatic carbocycles. The summed E-state index contributed by atoms with van der Waals surface area (Å²) in [6.45, 7) is 0. The van der Waals surface area contributed by atoms with Crippen LogP contribution in [0.15, 0.2) is 66.7 Å². The van der Waals surface area contributed by atoms with E-state index < -0.39 is 9.85 Å². The van der Waals surface area contributed by atoms with Gasteiger partial charge in [-0.1, -0.05) is 24.3 Å². The van der Waals surface area contributed by atoms with Crippen molar-refractivity contribution in [2.75, 3.05) is 35.5 Å². The first-order valence-corrected chi connectivity index (χ1v) is 13.2. The first-order chi connectivity index (χ1) is 21.2. The van der Waals surface area contributed by atoms with Gasteiger partial charge in [0.05, 0.1) is 45.4 Å². The van der Waals surface area contributed by atoms with Gasteiger partial charge in [0.15, 0.2) is 23.0 Å². The second-order valence-electron chi connectivity index (χ2n) is 9.28. The highest BCUT2D eigenvalue weighted by Crippen LogP contribution is 2.51. The Hall–Kier alpha value is -5.84. The molecule has 0 aliphatic heterocycles. The molecule has 0 radical (unpaired) electrons. The molecule has 0 bridgehead atoms. The van der Waals surface area contributed by atoms with Crippen molar-refractivity contribution in [3.63, 3.8) is 0 Å². The van der Waals surface area contributed by atoms with Crippen molar-refractivity contribution < 1.29 is 33.5 Å². The maximum atomic E-state index is 11.0. The minimum Gasteiger partial charge on any atom is -0.493 e. The van der Waals surface area contributed by atoms with Gasteiger partial charge in [-0.25, -0.2) is 0 Å². The number of nitro groups is 2. The molecule has 0 spiro atoms. The van der Waals surface area contributed by atoms with Crippen molar-refractivity contribution in [3.05, 3.63) is 109 Å². The summed E-state index contributed by atoms with van der Waals surface area (Å²) in [7, 11) is 7.63. The normalized spacial score (nSPS) is 11.0. The summed E-state index contributed by atoms with van der Waals surface area (Å²) < 4.78 is 28.8. The molecule has 4 aromatic rings. The number of nitrogens with zero attached hydrogens (tertiary/aromatic N) is 2. The predicted molar refractivity (Wildman–Crippen MR) is 169 cm³/mol. The lowest BCUT2D eigenvalue weighted by molar-refractivity contribution is -0.385. The molecule has 0 aliphatic carbocycles. The Morgan fingerprint density at radius 2 is 0.955 bits per heavy atom. The number of non-ortho nitro benzene ring substituents is 2. The first-order valence-electron chi connectivity index (χ1n) is 13.2. The van der Waals surface area contributed by atoms with E-state index in [1.54, 1.807) is 30.3 Å². The van der Waals surface area contributed by atoms with Gasteiger partial charge in [-0.05, 0) is 59.2 Å². The van der Waals surface area contributed by atoms with E-state index in [0.29, 0.717) is 45.4 Å². The number of methoxy groups -OCH3 is 5. The van der Waals surface area contributed by atoms with Crippen LogP contribution in [-0.2, 0) is 0 Å². The molecule has 0 aliphatic rings. The van der Waals surface area contributed by atoms with Gasteiger partial charge in [0.1, 0.15) is 0 Å². The van der Waals surface area contributed by atoms with E-state index in [0.717, 1.165) is 16.7 Å². The minimum absolute atomic E-state index is 0.00307. The van der Waals surface area contributed by atoms with Crippen molar-refractivity contribution >= 4 is 35.7 Å². The molecule has 0 unspecified atom stereocenters. The molecule has 0 aromatic heterocycles. The molecule has 11 nitrogen and oxygen atoms in total. The molecule has 11 heteroatoms. The van der Waals surface area contributed by atoms with Gasteiger partial charge in [-0.15, -0.1) is 0 Å². The summed E-state index contributed by atoms with van der Waals surface area (Å²) in [5, 5.41) is 22.1. The van der Waals surface area contributed by atoms with Crippen LogP contribution in [-0.4, -0.2) is 45.4 Å². The van der Waals surface area contributed by atoms with Crippen LogP contribution in [0.4, 0.5) is 11.4 Å². The zero-order valence-electron chi connectivity index (χ0n) is 24.7. The van der Waals surface area contributed by atoms with Gasteiger partial charge < -0.3 is 23.7 Å². The Labute approximate surface area is 253 Å². The van der Waals surface area contributed by atoms with E-state index in [9.17, 15) is 20.2 Å². The Morgan fingerprint density at radius 1 is 0.500 bits per heavy atom. The number of ether oxygens (including phenoxy) is 5. The van der Waals surface area contributed by atoms with Crippen LogP contribution >= 0.6 is 0 Å². The van der Waals surface area contributed by atoms with Crippen LogP contribution in [0.2, 0.25) is 0 Å². The summed E-state index contributed by atoms with van der Waals surface area (Å²) in [6, 6.07) is 18.0. The van der Waals surface area contributed by atoms with Gasteiger partial charge in [-0.2, -0.15) is 0 Å². The van der Waals surface area contributed by atoms with Crippen molar-refractivity contribution in [3.8, 4) is 39.9 Å². The highest BCUT2D eigenvalue weighted by atomic mass is 16.6. The number of benzene rings is 4. The van der Waals surface area contributed by atoms with Crippen molar-refractivity contribution in [1.29, 1.82) is 0 Å². The predicted octanol–water partition coefficient (Wildman–Crippen LogP) is 7.55. The Morgan fingerprint density at radius 3 is 1.41 bits per heavy atom. The zero-order valence-corrected chi connectivity index (χ0v) is 24.7. The molecule has 4 rings (SSSR count). The molecular weight excluding hydrogens is 568 g/mol. The summed E-state index contributed by atoms with van der Waals surface area (Å²) >= 11 is 0. The topological polar surface area (TPSA) is 132 Å². The van der Waals surface area contributed by atoms with Gasteiger partial charge >= 0.3 is 0 Å². The van der Waals surface area contributed by atoms with Crippen molar-refractivity contribution in [1.82, 2.24) is 0 Å². The largest absolute Gasteiger partial charge is 0.493 e. The van der Waals surface area contributed by atoms with Crippen LogP contribution in [0.25, 0.3) is 35.4 Å². The standard InChI is InChI=1S/C33H30N2O9/c1-40-29-19-23(7-6-21-9-14-25(15-10-21)34(36)37)18-27(31(29)42-3)28-20-24(30(41-2)33(44-5)32(28)43-4)13-8-22-11-16-26(17-12-22)35(38)39/h6-20H,1-5H3. The average molecular weight is 599 g/mol. The SMILES string of the molecule is COc1cc(C=Cc2ccc([N+](=O)[O-])cc2)cc(-c2cc(C=Cc3ccc([N+](=O)[O-])cc3)c(OC)c(OC)c2OC)c1OC. The third-order valence-electron chi connectivity index (χ3n) is 6.75. The van der Waals surface area contributed by atoms with Gasteiger partial charge in [0.25, 0.3) is 11.4 Å². The monoisotopic (exact) mass is 598 g/mol. The molecule has 0 saturated heterocycles. The fourth-order valence-electron chi connectivity index (χ4n) is 4.64. The Kier molecular flexibility index (Phi) is 9.81. The van der Waals surface area contributed by atoms with Gasteiger partial charge in [0.2, 0.25) is 5.75 Å². The molecule has 0 heterocycles. The highest BCUT2D eigenvalue weighted by molar-refractivity contribution is 5.89. The zero-order chi connectivity index (χ0) is 31.8. The number of hydrogen-bond donors (Lipinski definition) is 0. The van der Waals surface area contributed by atoms with Gasteiger partial charge in [0, 0.05) is 41.0 Å². The number of hydrogen-bond acceptors (Lipinski definition) is 9. The molecule has 44 heavy (non-hydrogen) atoms. The maximum absolute atomic E-state index is 11.0. The van der Waals surface area contributed by atoms with Crippen LogP contribution in [0.3, 0.4) is 0 Å². The lowest BCUT2D eigenvalue weighted by Gasteiger charge is -2.21. The van der Waals surface area contributed by atoms with E-state index in [-0.39, 0.29) is 11.4 Å². The van der Waals surface area contributed by atoms with Crippen LogP contribution in [0.5, 0.6) is 28.7 Å². The number of nitro benzene ring substituents is 2. The second-order valence-corrected chi connectivity index (χ2v) is 9.28. The van der Waals surface area contributed by atoms with Crippen LogP contribution < -0.4 is 23.7 Å². The van der Waals surface area contributed by atoms with E-state index in [2.05, 4.69) is 0 Å². The molecule has 0 N–H and O–H groups in total. The Bertz CT molecular complexity index is 1730. The quantitative estimate of drug-likeness (QED) is 0.0920. The lowest BCUT2D eigenvalue weighted by atomic mass is 9.96. The molecule has 0 fully saturated rings. The third kappa shape index (κ3) is 6.62. The van der Waals surface area contributed by atoms with E-state index in [1.807, 2.05) is 36.4 Å². The Balaban J connectivity index is 1.87. The third-order valence-corrected chi connectivity index (χ3v) is 6.75. The van der Waals surface area contributed by atoms with Crippen molar-refractivity contribution in [2.45, 2.75) is 0 Å². The average Bonchev–Trinajstić information content (AvgIpc) is 3.05. The smallest absolute Gasteiger partial charge is 0.269 e. The maximum Gasteiger partial charge on any atom is 0.269 e. The fourth-order valence-corrected chi connectivity index (χ4v) is 4.64. The summed E-state index contributed by atoms with van der Waals surface area (Å²) in [5.74, 6) is 2.09. The molecule has 0 atom stereocenters. The minimum atomic E-state index is -0.450. The van der Waals surface area contributed by atoms with E-state index in [1.165, 1.54) is 59.8 Å². The molecule has 0 saturated carbocycles. The fraction of sp³-hybridized carbons (Fsp3) is 0.152. The van der Waals surface area contributed by atoms with Crippen molar-refractivity contribution in [2.24, 2.45) is 0 Å².